The third kappa shape index (κ3) is 2.49. The molecule has 0 aliphatic carbocycles. The molecule has 1 aliphatic heterocycles. The fourth-order valence-corrected chi connectivity index (χ4v) is 2.24. The molecule has 1 saturated heterocycles. The molecule has 0 aromatic rings. The molecule has 15 heavy (non-hydrogen) atoms. The average molecular weight is 214 g/mol. The summed E-state index contributed by atoms with van der Waals surface area (Å²) in [5.41, 5.74) is 0. The van der Waals surface area contributed by atoms with Crippen LogP contribution < -0.4 is 0 Å². The molecule has 0 saturated carbocycles. The van der Waals surface area contributed by atoms with Gasteiger partial charge in [-0.2, -0.15) is 0 Å². The highest BCUT2D eigenvalue weighted by atomic mass is 16.3. The number of hydrogen-bond acceptors (Lipinski definition) is 3. The van der Waals surface area contributed by atoms with Gasteiger partial charge in [-0.3, -0.25) is 9.69 Å². The Labute approximate surface area is 91.9 Å². The van der Waals surface area contributed by atoms with Crippen LogP contribution in [-0.2, 0) is 4.79 Å². The molecule has 0 aromatic heterocycles. The summed E-state index contributed by atoms with van der Waals surface area (Å²) in [7, 11) is 1.90. The van der Waals surface area contributed by atoms with E-state index in [2.05, 4.69) is 6.92 Å². The molecule has 0 bridgehead atoms. The summed E-state index contributed by atoms with van der Waals surface area (Å²) < 4.78 is 0. The van der Waals surface area contributed by atoms with Crippen molar-refractivity contribution < 1.29 is 9.90 Å². The lowest BCUT2D eigenvalue weighted by Gasteiger charge is -2.33. The Kier molecular flexibility index (Phi) is 4.11. The van der Waals surface area contributed by atoms with Crippen molar-refractivity contribution >= 4 is 5.91 Å². The predicted octanol–water partition coefficient (Wildman–Crippen LogP) is 0.308. The largest absolute Gasteiger partial charge is 0.394 e. The van der Waals surface area contributed by atoms with Gasteiger partial charge < -0.3 is 10.0 Å². The standard InChI is InChI=1S/C11H22N2O2/c1-8(2)13-9(3)5-6-12(4)10(7-14)11(13)15/h8-10,14H,5-7H2,1-4H3. The zero-order valence-electron chi connectivity index (χ0n) is 10.1. The second-order valence-electron chi connectivity index (χ2n) is 4.66. The molecule has 1 amide bonds. The number of likely N-dealkylation sites (N-methyl/N-ethyl adjacent to an activating group) is 1. The minimum absolute atomic E-state index is 0.0556. The quantitative estimate of drug-likeness (QED) is 0.719. The highest BCUT2D eigenvalue weighted by Crippen LogP contribution is 2.17. The second kappa shape index (κ2) is 4.94. The number of nitrogens with zero attached hydrogens (tertiary/aromatic N) is 2. The van der Waals surface area contributed by atoms with Crippen LogP contribution in [0.2, 0.25) is 0 Å². The second-order valence-corrected chi connectivity index (χ2v) is 4.66. The van der Waals surface area contributed by atoms with Gasteiger partial charge in [0.05, 0.1) is 6.61 Å². The van der Waals surface area contributed by atoms with Crippen molar-refractivity contribution in [2.45, 2.75) is 45.3 Å². The molecule has 1 heterocycles. The Morgan fingerprint density at radius 1 is 1.53 bits per heavy atom. The van der Waals surface area contributed by atoms with Gasteiger partial charge in [-0.25, -0.2) is 0 Å². The van der Waals surface area contributed by atoms with Gasteiger partial charge in [-0.15, -0.1) is 0 Å². The first-order valence-corrected chi connectivity index (χ1v) is 5.62. The third-order valence-corrected chi connectivity index (χ3v) is 3.18. The van der Waals surface area contributed by atoms with Crippen molar-refractivity contribution in [3.63, 3.8) is 0 Å². The first kappa shape index (κ1) is 12.5. The first-order chi connectivity index (χ1) is 6.99. The molecule has 88 valence electrons. The van der Waals surface area contributed by atoms with Gasteiger partial charge in [-0.1, -0.05) is 0 Å². The van der Waals surface area contributed by atoms with Crippen molar-refractivity contribution in [2.75, 3.05) is 20.2 Å². The molecule has 2 unspecified atom stereocenters. The first-order valence-electron chi connectivity index (χ1n) is 5.62. The van der Waals surface area contributed by atoms with Crippen LogP contribution in [0.5, 0.6) is 0 Å². The van der Waals surface area contributed by atoms with Crippen LogP contribution in [0.1, 0.15) is 27.2 Å². The number of amides is 1. The highest BCUT2D eigenvalue weighted by molar-refractivity contribution is 5.82. The topological polar surface area (TPSA) is 43.8 Å². The fraction of sp³-hybridized carbons (Fsp3) is 0.909. The van der Waals surface area contributed by atoms with Crippen molar-refractivity contribution in [3.05, 3.63) is 0 Å². The minimum Gasteiger partial charge on any atom is -0.394 e. The van der Waals surface area contributed by atoms with Gasteiger partial charge >= 0.3 is 0 Å². The third-order valence-electron chi connectivity index (χ3n) is 3.18. The normalized spacial score (nSPS) is 29.7. The van der Waals surface area contributed by atoms with Crippen LogP contribution >= 0.6 is 0 Å². The Morgan fingerprint density at radius 3 is 2.60 bits per heavy atom. The van der Waals surface area contributed by atoms with E-state index in [4.69, 9.17) is 0 Å². The Morgan fingerprint density at radius 2 is 2.13 bits per heavy atom. The van der Waals surface area contributed by atoms with Crippen LogP contribution in [-0.4, -0.2) is 59.1 Å². The summed E-state index contributed by atoms with van der Waals surface area (Å²) >= 11 is 0. The van der Waals surface area contributed by atoms with E-state index in [1.54, 1.807) is 0 Å². The predicted molar refractivity (Wildman–Crippen MR) is 59.6 cm³/mol. The van der Waals surface area contributed by atoms with E-state index in [0.29, 0.717) is 0 Å². The monoisotopic (exact) mass is 214 g/mol. The summed E-state index contributed by atoms with van der Waals surface area (Å²) in [6.45, 7) is 6.89. The fourth-order valence-electron chi connectivity index (χ4n) is 2.24. The van der Waals surface area contributed by atoms with Crippen molar-refractivity contribution in [1.29, 1.82) is 0 Å². The average Bonchev–Trinajstić information content (AvgIpc) is 2.24. The molecule has 4 nitrogen and oxygen atoms in total. The van der Waals surface area contributed by atoms with E-state index in [9.17, 15) is 9.90 Å². The summed E-state index contributed by atoms with van der Waals surface area (Å²) in [6, 6.07) is 0.0990. The lowest BCUT2D eigenvalue weighted by Crippen LogP contribution is -2.50. The van der Waals surface area contributed by atoms with Gasteiger partial charge in [-0.05, 0) is 34.2 Å². The zero-order valence-corrected chi connectivity index (χ0v) is 10.1. The zero-order chi connectivity index (χ0) is 11.6. The van der Waals surface area contributed by atoms with Crippen LogP contribution in [0.4, 0.5) is 0 Å². The maximum Gasteiger partial charge on any atom is 0.242 e. The van der Waals surface area contributed by atoms with Gasteiger partial charge in [0.1, 0.15) is 6.04 Å². The van der Waals surface area contributed by atoms with Crippen molar-refractivity contribution in [2.24, 2.45) is 0 Å². The van der Waals surface area contributed by atoms with Crippen LogP contribution in [0.25, 0.3) is 0 Å². The highest BCUT2D eigenvalue weighted by Gasteiger charge is 2.34. The number of rotatable bonds is 2. The number of aliphatic hydroxyl groups excluding tert-OH is 1. The number of carbonyl (C=O) groups excluding carboxylic acids is 1. The van der Waals surface area contributed by atoms with Crippen LogP contribution in [0.3, 0.4) is 0 Å². The maximum atomic E-state index is 12.2. The van der Waals surface area contributed by atoms with E-state index in [1.807, 2.05) is 30.7 Å². The van der Waals surface area contributed by atoms with E-state index in [1.165, 1.54) is 0 Å². The summed E-state index contributed by atoms with van der Waals surface area (Å²) in [5.74, 6) is 0.0556. The molecule has 2 atom stereocenters. The van der Waals surface area contributed by atoms with Gasteiger partial charge in [0.25, 0.3) is 0 Å². The van der Waals surface area contributed by atoms with Crippen LogP contribution in [0.15, 0.2) is 0 Å². The maximum absolute atomic E-state index is 12.2. The molecular weight excluding hydrogens is 192 g/mol. The number of carbonyl (C=O) groups is 1. The van der Waals surface area contributed by atoms with E-state index < -0.39 is 0 Å². The van der Waals surface area contributed by atoms with Crippen LogP contribution in [0, 0.1) is 0 Å². The van der Waals surface area contributed by atoms with Gasteiger partial charge in [0, 0.05) is 18.6 Å². The molecule has 1 rings (SSSR count). The summed E-state index contributed by atoms with van der Waals surface area (Å²) in [4.78, 5) is 16.0. The lowest BCUT2D eigenvalue weighted by atomic mass is 10.1. The van der Waals surface area contributed by atoms with E-state index in [0.717, 1.165) is 13.0 Å². The van der Waals surface area contributed by atoms with Crippen molar-refractivity contribution in [1.82, 2.24) is 9.80 Å². The van der Waals surface area contributed by atoms with Gasteiger partial charge in [0.15, 0.2) is 0 Å². The Hall–Kier alpha value is -0.610. The lowest BCUT2D eigenvalue weighted by molar-refractivity contribution is -0.139. The smallest absolute Gasteiger partial charge is 0.242 e. The van der Waals surface area contributed by atoms with E-state index in [-0.39, 0.29) is 30.6 Å². The molecule has 0 radical (unpaired) electrons. The molecule has 1 aliphatic rings. The summed E-state index contributed by atoms with van der Waals surface area (Å²) in [6.07, 6.45) is 0.969. The molecule has 0 spiro atoms. The molecular formula is C11H22N2O2. The molecule has 1 N–H and O–H groups in total. The number of hydrogen-bond donors (Lipinski definition) is 1. The Bertz CT molecular complexity index is 231. The molecule has 1 fully saturated rings. The minimum atomic E-state index is -0.364. The number of aliphatic hydroxyl groups is 1. The molecule has 4 heteroatoms. The van der Waals surface area contributed by atoms with Crippen molar-refractivity contribution in [3.8, 4) is 0 Å². The summed E-state index contributed by atoms with van der Waals surface area (Å²) in [5, 5.41) is 9.25. The van der Waals surface area contributed by atoms with E-state index >= 15 is 0 Å². The Balaban J connectivity index is 2.90. The molecule has 0 aromatic carbocycles. The SMILES string of the molecule is CC(C)N1C(=O)C(CO)N(C)CCC1C. The van der Waals surface area contributed by atoms with Gasteiger partial charge in [0.2, 0.25) is 5.91 Å².